The van der Waals surface area contributed by atoms with E-state index in [0.717, 1.165) is 23.8 Å². The zero-order valence-corrected chi connectivity index (χ0v) is 31.7. The predicted octanol–water partition coefficient (Wildman–Crippen LogP) is 3.93. The van der Waals surface area contributed by atoms with Gasteiger partial charge in [-0.1, -0.05) is 17.3 Å². The summed E-state index contributed by atoms with van der Waals surface area (Å²) in [5.41, 5.74) is 2.44. The molecule has 3 aliphatic rings. The molecule has 1 saturated carbocycles. The highest BCUT2D eigenvalue weighted by atomic mass is 19.1. The number of aryl methyl sites for hydroxylation is 1. The minimum atomic E-state index is -1.07. The number of benzene rings is 3. The van der Waals surface area contributed by atoms with Gasteiger partial charge in [-0.25, -0.2) is 8.78 Å². The zero-order valence-electron chi connectivity index (χ0n) is 31.7. The average Bonchev–Trinajstić information content (AvgIpc) is 3.86. The normalized spacial score (nSPS) is 16.3. The van der Waals surface area contributed by atoms with Gasteiger partial charge in [0.05, 0.1) is 46.2 Å². The molecule has 4 heterocycles. The molecule has 5 aromatic rings. The lowest BCUT2D eigenvalue weighted by molar-refractivity contribution is -0.136. The summed E-state index contributed by atoms with van der Waals surface area (Å²) in [6, 6.07) is 10.5. The fraction of sp³-hybridized carbons (Fsp3) is 0.293. The van der Waals surface area contributed by atoms with Crippen molar-refractivity contribution in [1.82, 2.24) is 40.8 Å². The molecule has 1 aliphatic carbocycles. The molecule has 16 nitrogen and oxygen atoms in total. The van der Waals surface area contributed by atoms with Crippen molar-refractivity contribution in [3.63, 3.8) is 0 Å². The molecule has 1 atom stereocenters. The molecule has 2 aromatic heterocycles. The largest absolute Gasteiger partial charge is 0.387 e. The molecule has 3 aromatic carbocycles. The van der Waals surface area contributed by atoms with Crippen LogP contribution in [0.5, 0.6) is 0 Å². The number of halogens is 2. The minimum absolute atomic E-state index is 0.0231. The molecule has 302 valence electrons. The van der Waals surface area contributed by atoms with Crippen LogP contribution in [0.25, 0.3) is 22.0 Å². The molecule has 8 rings (SSSR count). The van der Waals surface area contributed by atoms with Crippen LogP contribution < -0.4 is 26.6 Å². The van der Waals surface area contributed by atoms with E-state index in [1.54, 1.807) is 30.1 Å². The predicted molar refractivity (Wildman–Crippen MR) is 209 cm³/mol. The third-order valence-electron chi connectivity index (χ3n) is 10.5. The van der Waals surface area contributed by atoms with E-state index in [2.05, 4.69) is 41.9 Å². The molecule has 2 fully saturated rings. The maximum atomic E-state index is 15.3. The number of unbranched alkanes of at least 4 members (excludes halogenated alkanes) is 1. The van der Waals surface area contributed by atoms with Crippen LogP contribution in [0.15, 0.2) is 60.9 Å². The molecule has 1 saturated heterocycles. The lowest BCUT2D eigenvalue weighted by Gasteiger charge is -2.27. The number of nitrogens with one attached hydrogen (secondary N) is 5. The topological polar surface area (TPSA) is 209 Å². The van der Waals surface area contributed by atoms with Crippen LogP contribution in [0.4, 0.5) is 20.2 Å². The smallest absolute Gasteiger partial charge is 0.264 e. The van der Waals surface area contributed by atoms with Gasteiger partial charge in [-0.15, -0.1) is 5.10 Å². The number of carbonyl (C=O) groups excluding carboxylic acids is 6. The number of rotatable bonds is 14. The SMILES string of the molecule is CNc1c(C(=O)NC2CC2)cnc2cc(F)c(-c3ccc(C(=O)NCCCCn4cc(CNc5cccc6c5C(=O)N(C5CCC(=O)NC5=O)C6=O)nn4)c(F)c3)cc12. The fourth-order valence-electron chi connectivity index (χ4n) is 7.31. The zero-order chi connectivity index (χ0) is 41.4. The van der Waals surface area contributed by atoms with Gasteiger partial charge in [0.1, 0.15) is 23.4 Å². The number of pyridine rings is 1. The highest BCUT2D eigenvalue weighted by Crippen LogP contribution is 2.35. The Bertz CT molecular complexity index is 2570. The van der Waals surface area contributed by atoms with E-state index >= 15 is 8.78 Å². The van der Waals surface area contributed by atoms with Gasteiger partial charge in [0.2, 0.25) is 11.8 Å². The average molecular weight is 805 g/mol. The molecular weight excluding hydrogens is 767 g/mol. The Balaban J connectivity index is 0.831. The van der Waals surface area contributed by atoms with E-state index in [0.29, 0.717) is 52.9 Å². The Labute approximate surface area is 335 Å². The Morgan fingerprint density at radius 2 is 1.75 bits per heavy atom. The van der Waals surface area contributed by atoms with E-state index < -0.39 is 47.2 Å². The van der Waals surface area contributed by atoms with Crippen LogP contribution in [-0.2, 0) is 22.7 Å². The van der Waals surface area contributed by atoms with Crippen LogP contribution in [0.1, 0.15) is 85.7 Å². The van der Waals surface area contributed by atoms with Gasteiger partial charge >= 0.3 is 0 Å². The first-order valence-electron chi connectivity index (χ1n) is 19.2. The van der Waals surface area contributed by atoms with Gasteiger partial charge < -0.3 is 21.3 Å². The second-order valence-corrected chi connectivity index (χ2v) is 14.6. The van der Waals surface area contributed by atoms with Gasteiger partial charge in [-0.05, 0) is 68.0 Å². The van der Waals surface area contributed by atoms with E-state index in [-0.39, 0.29) is 65.7 Å². The van der Waals surface area contributed by atoms with Crippen molar-refractivity contribution in [2.75, 3.05) is 24.2 Å². The van der Waals surface area contributed by atoms with Crippen molar-refractivity contribution in [2.24, 2.45) is 0 Å². The quantitative estimate of drug-likeness (QED) is 0.0803. The van der Waals surface area contributed by atoms with Crippen LogP contribution in [-0.4, -0.2) is 86.0 Å². The number of piperidine rings is 1. The number of fused-ring (bicyclic) bond motifs is 2. The Hall–Kier alpha value is -7.11. The summed E-state index contributed by atoms with van der Waals surface area (Å²) < 4.78 is 32.2. The highest BCUT2D eigenvalue weighted by molar-refractivity contribution is 6.25. The van der Waals surface area contributed by atoms with E-state index in [9.17, 15) is 28.8 Å². The van der Waals surface area contributed by atoms with Gasteiger partial charge in [0.15, 0.2) is 0 Å². The Kier molecular flexibility index (Phi) is 10.5. The number of hydrogen-bond donors (Lipinski definition) is 5. The third kappa shape index (κ3) is 7.80. The van der Waals surface area contributed by atoms with Crippen molar-refractivity contribution in [3.8, 4) is 11.1 Å². The second-order valence-electron chi connectivity index (χ2n) is 14.6. The number of nitrogens with zero attached hydrogens (tertiary/aromatic N) is 5. The summed E-state index contributed by atoms with van der Waals surface area (Å²) in [6.07, 6.45) is 6.17. The molecule has 1 unspecified atom stereocenters. The first kappa shape index (κ1) is 38.7. The van der Waals surface area contributed by atoms with Gasteiger partial charge in [0, 0.05) is 61.5 Å². The lowest BCUT2D eigenvalue weighted by atomic mass is 9.99. The molecular formula is C41H38F2N10O6. The molecule has 59 heavy (non-hydrogen) atoms. The minimum Gasteiger partial charge on any atom is -0.387 e. The van der Waals surface area contributed by atoms with Crippen molar-refractivity contribution in [1.29, 1.82) is 0 Å². The maximum absolute atomic E-state index is 15.3. The van der Waals surface area contributed by atoms with E-state index in [4.69, 9.17) is 0 Å². The molecule has 0 radical (unpaired) electrons. The van der Waals surface area contributed by atoms with Crippen molar-refractivity contribution >= 4 is 57.7 Å². The van der Waals surface area contributed by atoms with Crippen LogP contribution >= 0.6 is 0 Å². The number of aromatic nitrogens is 4. The number of hydrogen-bond acceptors (Lipinski definition) is 11. The third-order valence-corrected chi connectivity index (χ3v) is 10.5. The second kappa shape index (κ2) is 16.0. The number of carbonyl (C=O) groups is 6. The summed E-state index contributed by atoms with van der Waals surface area (Å²) in [5.74, 6) is -4.73. The molecule has 18 heteroatoms. The summed E-state index contributed by atoms with van der Waals surface area (Å²) in [5, 5.41) is 22.8. The van der Waals surface area contributed by atoms with Gasteiger partial charge in [-0.3, -0.25) is 48.6 Å². The lowest BCUT2D eigenvalue weighted by Crippen LogP contribution is -2.54. The van der Waals surface area contributed by atoms with E-state index in [1.165, 1.54) is 36.5 Å². The molecule has 0 bridgehead atoms. The molecule has 6 amide bonds. The molecule has 5 N–H and O–H groups in total. The summed E-state index contributed by atoms with van der Waals surface area (Å²) in [7, 11) is 1.65. The van der Waals surface area contributed by atoms with E-state index in [1.807, 2.05) is 0 Å². The first-order valence-corrected chi connectivity index (χ1v) is 19.2. The monoisotopic (exact) mass is 804 g/mol. The van der Waals surface area contributed by atoms with Crippen molar-refractivity contribution < 1.29 is 37.5 Å². The molecule has 2 aliphatic heterocycles. The number of amides is 6. The Morgan fingerprint density at radius 1 is 0.915 bits per heavy atom. The van der Waals surface area contributed by atoms with Crippen LogP contribution in [0.2, 0.25) is 0 Å². The standard InChI is InChI=1S/C41H38F2N10O6/c1-44-36-27-16-26(30(43)17-32(27)47-19-28(36)38(56)48-22-8-9-22)21-7-10-24(29(42)15-21)37(55)45-13-2-3-14-52-20-23(50-51-52)18-46-31-6-4-5-25-35(31)41(59)53(40(25)58)33-11-12-34(54)49-39(33)57/h4-7,10,15-17,19-20,22,33,46H,2-3,8-9,11-14,18H2,1H3,(H,44,47)(H,45,55)(H,48,56)(H,49,54,57). The maximum Gasteiger partial charge on any atom is 0.264 e. The van der Waals surface area contributed by atoms with Gasteiger partial charge in [-0.2, -0.15) is 0 Å². The Morgan fingerprint density at radius 3 is 2.51 bits per heavy atom. The summed E-state index contributed by atoms with van der Waals surface area (Å²) in [6.45, 7) is 0.897. The summed E-state index contributed by atoms with van der Waals surface area (Å²) in [4.78, 5) is 81.4. The van der Waals surface area contributed by atoms with Crippen LogP contribution in [0.3, 0.4) is 0 Å². The number of anilines is 2. The van der Waals surface area contributed by atoms with Crippen molar-refractivity contribution in [2.45, 2.75) is 63.7 Å². The fourth-order valence-corrected chi connectivity index (χ4v) is 7.31. The first-order chi connectivity index (χ1) is 28.5. The van der Waals surface area contributed by atoms with Crippen LogP contribution in [0, 0.1) is 11.6 Å². The molecule has 0 spiro atoms. The summed E-state index contributed by atoms with van der Waals surface area (Å²) >= 11 is 0. The highest BCUT2D eigenvalue weighted by Gasteiger charge is 2.45. The van der Waals surface area contributed by atoms with Crippen molar-refractivity contribution in [3.05, 3.63) is 101 Å². The van der Waals surface area contributed by atoms with Gasteiger partial charge in [0.25, 0.3) is 23.6 Å². The number of imide groups is 2.